The summed E-state index contributed by atoms with van der Waals surface area (Å²) in [5.74, 6) is -1.38. The molecule has 0 unspecified atom stereocenters. The third-order valence-corrected chi connectivity index (χ3v) is 10.3. The average molecular weight is 763 g/mol. The Balaban J connectivity index is 0.000000381. The van der Waals surface area contributed by atoms with Gasteiger partial charge in [-0.15, -0.1) is 0 Å². The average Bonchev–Trinajstić information content (AvgIpc) is 3.08. The molecule has 0 bridgehead atoms. The molecular formula is C32H38N6O12S2. The highest BCUT2D eigenvalue weighted by molar-refractivity contribution is 7.87. The van der Waals surface area contributed by atoms with Crippen LogP contribution in [-0.4, -0.2) is 88.7 Å². The van der Waals surface area contributed by atoms with Crippen molar-refractivity contribution in [2.24, 2.45) is 10.2 Å². The fraction of sp³-hybridized carbons (Fsp3) is 0.438. The molecule has 52 heavy (non-hydrogen) atoms. The zero-order chi connectivity index (χ0) is 38.6. The van der Waals surface area contributed by atoms with Crippen LogP contribution in [0, 0.1) is 13.8 Å². The molecule has 0 aliphatic heterocycles. The highest BCUT2D eigenvalue weighted by Crippen LogP contribution is 2.32. The van der Waals surface area contributed by atoms with Gasteiger partial charge in [0.25, 0.3) is 20.2 Å². The van der Waals surface area contributed by atoms with Crippen molar-refractivity contribution in [3.8, 4) is 0 Å². The van der Waals surface area contributed by atoms with Gasteiger partial charge in [0, 0.05) is 33.8 Å². The Morgan fingerprint density at radius 2 is 1.17 bits per heavy atom. The van der Waals surface area contributed by atoms with Crippen molar-refractivity contribution in [3.63, 3.8) is 0 Å². The van der Waals surface area contributed by atoms with E-state index in [9.17, 15) is 36.6 Å². The van der Waals surface area contributed by atoms with E-state index in [4.69, 9.17) is 28.9 Å². The van der Waals surface area contributed by atoms with E-state index in [2.05, 4.69) is 20.1 Å². The Kier molecular flexibility index (Phi) is 14.9. The highest BCUT2D eigenvalue weighted by atomic mass is 32.2. The highest BCUT2D eigenvalue weighted by Gasteiger charge is 2.42. The molecule has 6 atom stereocenters. The first kappa shape index (κ1) is 41.6. The lowest BCUT2D eigenvalue weighted by Crippen LogP contribution is -2.44. The number of azide groups is 2. The number of hydrogen-bond donors (Lipinski definition) is 2. The first-order chi connectivity index (χ1) is 24.6. The number of carbonyl (C=O) groups excluding carboxylic acids is 2. The Morgan fingerprint density at radius 1 is 0.731 bits per heavy atom. The number of aliphatic hydroxyl groups is 2. The first-order valence-electron chi connectivity index (χ1n) is 15.8. The van der Waals surface area contributed by atoms with E-state index in [1.54, 1.807) is 52.0 Å². The summed E-state index contributed by atoms with van der Waals surface area (Å²) in [6.45, 7) is 7.05. The number of aryl methyl sites for hydroxylation is 2. The maximum atomic E-state index is 13.0. The van der Waals surface area contributed by atoms with Gasteiger partial charge in [-0.2, -0.15) is 16.8 Å². The number of carbonyl (C=O) groups is 2. The molecule has 2 aliphatic carbocycles. The van der Waals surface area contributed by atoms with Crippen LogP contribution in [0.1, 0.15) is 37.8 Å². The number of rotatable bonds is 12. The summed E-state index contributed by atoms with van der Waals surface area (Å²) in [5.41, 5.74) is 19.1. The van der Waals surface area contributed by atoms with E-state index in [0.717, 1.165) is 17.2 Å². The second-order valence-corrected chi connectivity index (χ2v) is 14.6. The number of hydrogen-bond acceptors (Lipinski definition) is 14. The summed E-state index contributed by atoms with van der Waals surface area (Å²) in [6, 6.07) is 9.25. The van der Waals surface area contributed by atoms with Crippen molar-refractivity contribution in [2.45, 2.75) is 86.8 Å². The van der Waals surface area contributed by atoms with Crippen LogP contribution in [0.3, 0.4) is 0 Å². The van der Waals surface area contributed by atoms with Gasteiger partial charge in [-0.3, -0.25) is 8.37 Å². The Labute approximate surface area is 300 Å². The molecule has 2 N–H and O–H groups in total. The van der Waals surface area contributed by atoms with Crippen LogP contribution in [0.5, 0.6) is 0 Å². The van der Waals surface area contributed by atoms with Crippen molar-refractivity contribution < 1.29 is 54.5 Å². The normalized spacial score (nSPS) is 22.9. The fourth-order valence-electron chi connectivity index (χ4n) is 5.02. The van der Waals surface area contributed by atoms with E-state index >= 15 is 0 Å². The van der Waals surface area contributed by atoms with E-state index in [1.807, 2.05) is 0 Å². The number of esters is 2. The molecule has 2 aromatic carbocycles. The van der Waals surface area contributed by atoms with Crippen LogP contribution in [0.4, 0.5) is 0 Å². The molecule has 0 saturated heterocycles. The maximum Gasteiger partial charge on any atom is 0.333 e. The minimum atomic E-state index is -4.40. The molecular weight excluding hydrogens is 725 g/mol. The monoisotopic (exact) mass is 762 g/mol. The molecule has 2 aliphatic rings. The van der Waals surface area contributed by atoms with Crippen LogP contribution in [0.15, 0.2) is 91.8 Å². The van der Waals surface area contributed by atoms with Gasteiger partial charge in [-0.25, -0.2) is 9.59 Å². The third kappa shape index (κ3) is 11.1. The molecule has 0 heterocycles. The lowest BCUT2D eigenvalue weighted by molar-refractivity contribution is -0.140. The lowest BCUT2D eigenvalue weighted by Gasteiger charge is -2.32. The summed E-state index contributed by atoms with van der Waals surface area (Å²) in [7, 11) is -8.78. The van der Waals surface area contributed by atoms with Crippen LogP contribution in [-0.2, 0) is 47.7 Å². The molecule has 0 aromatic heterocycles. The largest absolute Gasteiger partial charge is 0.463 e. The zero-order valence-corrected chi connectivity index (χ0v) is 30.2. The fourth-order valence-corrected chi connectivity index (χ4v) is 7.15. The minimum Gasteiger partial charge on any atom is -0.463 e. The molecule has 20 heteroatoms. The van der Waals surface area contributed by atoms with Gasteiger partial charge in [0.15, 0.2) is 0 Å². The zero-order valence-electron chi connectivity index (χ0n) is 28.5. The van der Waals surface area contributed by atoms with Crippen LogP contribution < -0.4 is 0 Å². The summed E-state index contributed by atoms with van der Waals surface area (Å²) < 4.78 is 72.3. The predicted molar refractivity (Wildman–Crippen MR) is 183 cm³/mol. The smallest absolute Gasteiger partial charge is 0.333 e. The number of aliphatic hydroxyl groups excluding tert-OH is 2. The van der Waals surface area contributed by atoms with Gasteiger partial charge >= 0.3 is 11.9 Å². The molecule has 0 radical (unpaired) electrons. The third-order valence-electron chi connectivity index (χ3n) is 7.60. The minimum absolute atomic E-state index is 0.0135. The van der Waals surface area contributed by atoms with Gasteiger partial charge in [-0.1, -0.05) is 45.6 Å². The molecule has 0 spiro atoms. The van der Waals surface area contributed by atoms with Gasteiger partial charge in [-0.05, 0) is 75.2 Å². The van der Waals surface area contributed by atoms with E-state index in [0.29, 0.717) is 0 Å². The van der Waals surface area contributed by atoms with Crippen LogP contribution in [0.25, 0.3) is 20.9 Å². The number of ether oxygens (including phenoxy) is 2. The first-order valence-corrected chi connectivity index (χ1v) is 18.6. The van der Waals surface area contributed by atoms with Crippen LogP contribution >= 0.6 is 0 Å². The molecule has 0 saturated carbocycles. The van der Waals surface area contributed by atoms with Gasteiger partial charge in [0.05, 0.1) is 53.4 Å². The van der Waals surface area contributed by atoms with E-state index in [-0.39, 0.29) is 47.0 Å². The summed E-state index contributed by atoms with van der Waals surface area (Å²) in [4.78, 5) is 28.7. The molecule has 18 nitrogen and oxygen atoms in total. The molecule has 280 valence electrons. The Bertz CT molecular complexity index is 1970. The molecule has 2 aromatic rings. The lowest BCUT2D eigenvalue weighted by atomic mass is 9.91. The topological polar surface area (TPSA) is 277 Å². The van der Waals surface area contributed by atoms with Crippen LogP contribution in [0.2, 0.25) is 0 Å². The summed E-state index contributed by atoms with van der Waals surface area (Å²) in [5, 5.41) is 26.0. The second kappa shape index (κ2) is 18.6. The van der Waals surface area contributed by atoms with Crippen molar-refractivity contribution >= 4 is 32.2 Å². The summed E-state index contributed by atoms with van der Waals surface area (Å²) >= 11 is 0. The maximum absolute atomic E-state index is 13.0. The number of nitrogens with zero attached hydrogens (tertiary/aromatic N) is 6. The quantitative estimate of drug-likeness (QED) is 0.102. The van der Waals surface area contributed by atoms with Crippen molar-refractivity contribution in [1.82, 2.24) is 0 Å². The summed E-state index contributed by atoms with van der Waals surface area (Å²) in [6.07, 6.45) is -3.13. The molecule has 0 amide bonds. The number of benzene rings is 2. The van der Waals surface area contributed by atoms with Gasteiger partial charge < -0.3 is 19.7 Å². The van der Waals surface area contributed by atoms with Gasteiger partial charge in [0.2, 0.25) is 0 Å². The van der Waals surface area contributed by atoms with E-state index in [1.165, 1.54) is 30.3 Å². The van der Waals surface area contributed by atoms with Crippen molar-refractivity contribution in [1.29, 1.82) is 0 Å². The second-order valence-electron chi connectivity index (χ2n) is 11.4. The molecule has 4 rings (SSSR count). The standard InChI is InChI=1S/C23H25N3O8S2.C9H13N3O4/c1-4-32-23(27)17-13-20(33-35(28,29)18-9-5-15(2)6-10-18)22(25-26-24)21(14-17)34-36(30,31)19-11-7-16(3)8-12-19;1-2-16-9(15)5-3-6(13)8(11-12-10)7(14)4-5/h5-13,20-22H,4,14H2,1-3H3;3,6-8,13-14H,2,4H2,1H3/t20-,21+,22-;6-,7+,8-/m00/s1. The Morgan fingerprint density at radius 3 is 1.62 bits per heavy atom. The van der Waals surface area contributed by atoms with E-state index < -0.39 is 68.7 Å². The predicted octanol–water partition coefficient (Wildman–Crippen LogP) is 4.00. The van der Waals surface area contributed by atoms with Crippen molar-refractivity contribution in [3.05, 3.63) is 104 Å². The SMILES string of the molecule is CCOC(=O)C1=C[C@H](O)[C@H](N=[N+]=[N-])[C@H](O)C1.CCOC(=O)C1=C[C@H](OS(=O)(=O)c2ccc(C)cc2)[C@H](N=[N+]=[N-])[C@H](OS(=O)(=O)c2ccc(C)cc2)C1. The van der Waals surface area contributed by atoms with Crippen molar-refractivity contribution in [2.75, 3.05) is 13.2 Å². The van der Waals surface area contributed by atoms with Gasteiger partial charge in [0.1, 0.15) is 6.10 Å². The molecule has 0 fully saturated rings. The Hall–Kier alpha value is -4.78.